The first-order valence-electron chi connectivity index (χ1n) is 9.75. The molecule has 3 aromatic rings. The van der Waals surface area contributed by atoms with Gasteiger partial charge in [0, 0.05) is 29.3 Å². The quantitative estimate of drug-likeness (QED) is 0.384. The highest BCUT2D eigenvalue weighted by atomic mass is 32.2. The van der Waals surface area contributed by atoms with Crippen LogP contribution in [-0.2, 0) is 19.4 Å². The van der Waals surface area contributed by atoms with Crippen LogP contribution in [0.1, 0.15) is 28.4 Å². The van der Waals surface area contributed by atoms with Crippen molar-refractivity contribution in [3.05, 3.63) is 77.7 Å². The Labute approximate surface area is 189 Å². The zero-order valence-corrected chi connectivity index (χ0v) is 18.9. The van der Waals surface area contributed by atoms with Crippen LogP contribution in [0.15, 0.2) is 71.5 Å². The minimum absolute atomic E-state index is 0.00539. The van der Waals surface area contributed by atoms with E-state index < -0.39 is 21.9 Å². The van der Waals surface area contributed by atoms with Gasteiger partial charge in [0.1, 0.15) is 6.10 Å². The van der Waals surface area contributed by atoms with Gasteiger partial charge in [-0.05, 0) is 18.2 Å². The number of esters is 1. The fraction of sp³-hybridized carbons (Fsp3) is 0.174. The summed E-state index contributed by atoms with van der Waals surface area (Å²) < 4.78 is 28.7. The van der Waals surface area contributed by atoms with Gasteiger partial charge in [0.2, 0.25) is 5.91 Å². The first-order valence-corrected chi connectivity index (χ1v) is 12.5. The zero-order valence-electron chi connectivity index (χ0n) is 17.2. The number of carbonyl (C=O) groups excluding carboxylic acids is 2. The summed E-state index contributed by atoms with van der Waals surface area (Å²) in [5.74, 6) is -0.671. The van der Waals surface area contributed by atoms with E-state index in [4.69, 9.17) is 4.74 Å². The molecule has 2 aromatic carbocycles. The van der Waals surface area contributed by atoms with Gasteiger partial charge in [-0.25, -0.2) is 18.2 Å². The number of ether oxygens (including phenoxy) is 1. The predicted molar refractivity (Wildman–Crippen MR) is 122 cm³/mol. The van der Waals surface area contributed by atoms with Crippen molar-refractivity contribution in [2.24, 2.45) is 0 Å². The maximum atomic E-state index is 13.1. The van der Waals surface area contributed by atoms with E-state index in [-0.39, 0.29) is 23.8 Å². The van der Waals surface area contributed by atoms with Gasteiger partial charge >= 0.3 is 5.97 Å². The Balaban J connectivity index is 1.55. The summed E-state index contributed by atoms with van der Waals surface area (Å²) in [5.41, 5.74) is 2.55. The third-order valence-corrected chi connectivity index (χ3v) is 7.04. The molecular weight excluding hydrogens is 448 g/mol. The summed E-state index contributed by atoms with van der Waals surface area (Å²) in [5, 5.41) is 2.29. The summed E-state index contributed by atoms with van der Waals surface area (Å²) in [7, 11) is -3.28. The molecule has 1 amide bonds. The number of hydrogen-bond donors (Lipinski definition) is 0. The lowest BCUT2D eigenvalue weighted by Gasteiger charge is -2.20. The number of nitrogens with zero attached hydrogens (tertiary/aromatic N) is 2. The minimum atomic E-state index is -3.28. The van der Waals surface area contributed by atoms with Crippen molar-refractivity contribution in [2.45, 2.75) is 17.4 Å². The van der Waals surface area contributed by atoms with E-state index in [1.54, 1.807) is 41.8 Å². The molecule has 32 heavy (non-hydrogen) atoms. The number of aromatic nitrogens is 1. The average molecular weight is 469 g/mol. The van der Waals surface area contributed by atoms with Gasteiger partial charge in [0.15, 0.2) is 15.0 Å². The van der Waals surface area contributed by atoms with Crippen LogP contribution in [0.5, 0.6) is 0 Å². The zero-order chi connectivity index (χ0) is 22.9. The van der Waals surface area contributed by atoms with Crippen LogP contribution in [0.25, 0.3) is 11.3 Å². The van der Waals surface area contributed by atoms with Crippen molar-refractivity contribution in [3.63, 3.8) is 0 Å². The molecule has 0 saturated carbocycles. The highest BCUT2D eigenvalue weighted by molar-refractivity contribution is 7.90. The molecule has 0 unspecified atom stereocenters. The van der Waals surface area contributed by atoms with Crippen LogP contribution in [0, 0.1) is 0 Å². The van der Waals surface area contributed by atoms with Crippen molar-refractivity contribution >= 4 is 38.2 Å². The normalized spacial score (nSPS) is 15.2. The molecule has 1 aliphatic heterocycles. The Bertz CT molecular complexity index is 1300. The molecule has 164 valence electrons. The van der Waals surface area contributed by atoms with Crippen molar-refractivity contribution < 1.29 is 22.7 Å². The number of hydrogen-bond acceptors (Lipinski definition) is 7. The van der Waals surface area contributed by atoms with Crippen LogP contribution < -0.4 is 4.90 Å². The Morgan fingerprint density at radius 3 is 2.62 bits per heavy atom. The lowest BCUT2D eigenvalue weighted by atomic mass is 10.0. The molecule has 4 rings (SSSR count). The van der Waals surface area contributed by atoms with Gasteiger partial charge in [-0.15, -0.1) is 17.9 Å². The monoisotopic (exact) mass is 468 g/mol. The maximum Gasteiger partial charge on any atom is 0.339 e. The molecule has 9 heteroatoms. The van der Waals surface area contributed by atoms with Gasteiger partial charge in [0.05, 0.1) is 22.6 Å². The van der Waals surface area contributed by atoms with Crippen molar-refractivity contribution in [3.8, 4) is 11.3 Å². The van der Waals surface area contributed by atoms with Gasteiger partial charge in [-0.2, -0.15) is 0 Å². The molecule has 7 nitrogen and oxygen atoms in total. The second kappa shape index (κ2) is 8.68. The number of benzene rings is 2. The van der Waals surface area contributed by atoms with E-state index in [9.17, 15) is 18.0 Å². The summed E-state index contributed by atoms with van der Waals surface area (Å²) in [6, 6.07) is 13.5. The third kappa shape index (κ3) is 4.35. The van der Waals surface area contributed by atoms with E-state index in [0.717, 1.165) is 11.8 Å². The van der Waals surface area contributed by atoms with Gasteiger partial charge < -0.3 is 4.74 Å². The highest BCUT2D eigenvalue weighted by Crippen LogP contribution is 2.35. The van der Waals surface area contributed by atoms with Crippen molar-refractivity contribution in [1.29, 1.82) is 0 Å². The number of sulfone groups is 1. The van der Waals surface area contributed by atoms with Crippen LogP contribution in [0.4, 0.5) is 5.13 Å². The number of amides is 1. The molecule has 1 aliphatic rings. The smallest absolute Gasteiger partial charge is 0.339 e. The predicted octanol–water partition coefficient (Wildman–Crippen LogP) is 4.03. The average Bonchev–Trinajstić information content (AvgIpc) is 3.37. The van der Waals surface area contributed by atoms with E-state index in [2.05, 4.69) is 11.6 Å². The standard InChI is InChI=1S/C23H20N2O5S2/c1-3-12-25(21(26)13-20-17-6-4-5-7-18(17)22(27)30-20)23-24-19(14-31-23)15-8-10-16(11-9-15)32(2,28)29/h3-11,14,20H,1,12-13H2,2H3/t20-/m1/s1. The first kappa shape index (κ1) is 21.9. The lowest BCUT2D eigenvalue weighted by Crippen LogP contribution is -2.32. The Morgan fingerprint density at radius 2 is 1.94 bits per heavy atom. The molecule has 0 radical (unpaired) electrons. The van der Waals surface area contributed by atoms with Crippen LogP contribution in [0.3, 0.4) is 0 Å². The second-order valence-corrected chi connectivity index (χ2v) is 10.1. The number of cyclic esters (lactones) is 1. The summed E-state index contributed by atoms with van der Waals surface area (Å²) in [6.45, 7) is 3.98. The van der Waals surface area contributed by atoms with Crippen LogP contribution >= 0.6 is 11.3 Å². The summed E-state index contributed by atoms with van der Waals surface area (Å²) >= 11 is 1.29. The number of rotatable bonds is 7. The van der Waals surface area contributed by atoms with Crippen molar-refractivity contribution in [2.75, 3.05) is 17.7 Å². The fourth-order valence-electron chi connectivity index (χ4n) is 3.45. The molecule has 0 aliphatic carbocycles. The Hall–Kier alpha value is -3.30. The SMILES string of the molecule is C=CCN(C(=O)C[C@H]1OC(=O)c2ccccc21)c1nc(-c2ccc(S(C)(=O)=O)cc2)cs1. The number of thiazole rings is 1. The highest BCUT2D eigenvalue weighted by Gasteiger charge is 2.33. The molecule has 1 aromatic heterocycles. The van der Waals surface area contributed by atoms with E-state index in [1.165, 1.54) is 28.4 Å². The topological polar surface area (TPSA) is 93.6 Å². The minimum Gasteiger partial charge on any atom is -0.453 e. The second-order valence-electron chi connectivity index (χ2n) is 7.29. The molecule has 1 atom stereocenters. The van der Waals surface area contributed by atoms with E-state index >= 15 is 0 Å². The van der Waals surface area contributed by atoms with E-state index in [0.29, 0.717) is 22.0 Å². The molecule has 0 spiro atoms. The van der Waals surface area contributed by atoms with Gasteiger partial charge in [-0.3, -0.25) is 9.69 Å². The fourth-order valence-corrected chi connectivity index (χ4v) is 4.94. The molecule has 0 saturated heterocycles. The molecule has 0 bridgehead atoms. The first-order chi connectivity index (χ1) is 15.3. The maximum absolute atomic E-state index is 13.1. The number of fused-ring (bicyclic) bond motifs is 1. The Kier molecular flexibility index (Phi) is 5.94. The largest absolute Gasteiger partial charge is 0.453 e. The third-order valence-electron chi connectivity index (χ3n) is 5.05. The lowest BCUT2D eigenvalue weighted by molar-refractivity contribution is -0.120. The molecule has 0 fully saturated rings. The van der Waals surface area contributed by atoms with Crippen LogP contribution in [-0.4, -0.2) is 38.1 Å². The summed E-state index contributed by atoms with van der Waals surface area (Å²) in [4.78, 5) is 31.4. The van der Waals surface area contributed by atoms with Gasteiger partial charge in [0.25, 0.3) is 0 Å². The van der Waals surface area contributed by atoms with E-state index in [1.807, 2.05) is 6.07 Å². The number of carbonyl (C=O) groups is 2. The molecule has 2 heterocycles. The number of anilines is 1. The van der Waals surface area contributed by atoms with Crippen molar-refractivity contribution in [1.82, 2.24) is 4.98 Å². The summed E-state index contributed by atoms with van der Waals surface area (Å²) in [6.07, 6.45) is 2.12. The Morgan fingerprint density at radius 1 is 1.22 bits per heavy atom. The van der Waals surface area contributed by atoms with Gasteiger partial charge in [-0.1, -0.05) is 36.4 Å². The molecule has 0 N–H and O–H groups in total. The molecular formula is C23H20N2O5S2. The van der Waals surface area contributed by atoms with Crippen LogP contribution in [0.2, 0.25) is 0 Å².